The fourth-order valence-electron chi connectivity index (χ4n) is 1.32. The molecule has 0 radical (unpaired) electrons. The topological polar surface area (TPSA) is 89.0 Å². The van der Waals surface area contributed by atoms with Gasteiger partial charge in [0.2, 0.25) is 0 Å². The lowest BCUT2D eigenvalue weighted by molar-refractivity contribution is -0.386. The van der Waals surface area contributed by atoms with E-state index in [0.29, 0.717) is 0 Å². The number of nitrogens with zero attached hydrogens (tertiary/aromatic N) is 3. The molecule has 1 aromatic carbocycles. The van der Waals surface area contributed by atoms with Crippen molar-refractivity contribution in [2.45, 2.75) is 6.61 Å². The number of ether oxygens (including phenoxy) is 1. The van der Waals surface area contributed by atoms with Crippen molar-refractivity contribution in [1.29, 1.82) is 5.26 Å². The molecule has 2 rings (SSSR count). The van der Waals surface area contributed by atoms with Crippen LogP contribution in [0, 0.1) is 21.4 Å². The first-order valence-electron chi connectivity index (χ1n) is 4.90. The van der Waals surface area contributed by atoms with Crippen molar-refractivity contribution in [3.63, 3.8) is 0 Å². The Labute approximate surface area is 106 Å². The maximum Gasteiger partial charge on any atom is 0.312 e. The van der Waals surface area contributed by atoms with Crippen LogP contribution in [-0.4, -0.2) is 9.91 Å². The van der Waals surface area contributed by atoms with E-state index in [4.69, 9.17) is 10.00 Å². The molecule has 0 N–H and O–H groups in total. The lowest BCUT2D eigenvalue weighted by Crippen LogP contribution is -1.99. The largest absolute Gasteiger partial charge is 0.479 e. The molecule has 0 aliphatic heterocycles. The molecule has 18 heavy (non-hydrogen) atoms. The van der Waals surface area contributed by atoms with Gasteiger partial charge in [-0.3, -0.25) is 10.1 Å². The molecule has 0 bridgehead atoms. The Balaban J connectivity index is 2.22. The highest BCUT2D eigenvalue weighted by molar-refractivity contribution is 7.09. The predicted octanol–water partition coefficient (Wildman–Crippen LogP) is 2.50. The molecular formula is C11H7N3O3S. The molecule has 1 aromatic heterocycles. The summed E-state index contributed by atoms with van der Waals surface area (Å²) in [6.45, 7) is 0.171. The molecule has 0 atom stereocenters. The van der Waals surface area contributed by atoms with Crippen LogP contribution in [0.25, 0.3) is 0 Å². The SMILES string of the molecule is N#Cc1ccc(OCc2nccs2)c([N+](=O)[O-])c1. The van der Waals surface area contributed by atoms with Crippen molar-refractivity contribution < 1.29 is 9.66 Å². The zero-order valence-corrected chi connectivity index (χ0v) is 9.88. The number of benzene rings is 1. The number of rotatable bonds is 4. The molecule has 0 saturated carbocycles. The van der Waals surface area contributed by atoms with Crippen LogP contribution in [0.5, 0.6) is 5.75 Å². The zero-order valence-electron chi connectivity index (χ0n) is 9.07. The minimum atomic E-state index is -0.571. The van der Waals surface area contributed by atoms with Gasteiger partial charge in [-0.2, -0.15) is 5.26 Å². The highest BCUT2D eigenvalue weighted by Crippen LogP contribution is 2.28. The fourth-order valence-corrected chi connectivity index (χ4v) is 1.84. The van der Waals surface area contributed by atoms with Gasteiger partial charge in [-0.1, -0.05) is 0 Å². The number of nitro benzene ring substituents is 1. The number of aromatic nitrogens is 1. The normalized spacial score (nSPS) is 9.72. The first-order chi connectivity index (χ1) is 8.70. The van der Waals surface area contributed by atoms with Gasteiger partial charge < -0.3 is 4.74 Å². The van der Waals surface area contributed by atoms with Gasteiger partial charge in [-0.25, -0.2) is 4.98 Å². The predicted molar refractivity (Wildman–Crippen MR) is 64.3 cm³/mol. The van der Waals surface area contributed by atoms with Crippen LogP contribution >= 0.6 is 11.3 Å². The van der Waals surface area contributed by atoms with Crippen LogP contribution < -0.4 is 4.74 Å². The number of thiazole rings is 1. The minimum Gasteiger partial charge on any atom is -0.479 e. The van der Waals surface area contributed by atoms with Crippen molar-refractivity contribution in [3.05, 3.63) is 50.5 Å². The van der Waals surface area contributed by atoms with Crippen molar-refractivity contribution in [2.24, 2.45) is 0 Å². The Morgan fingerprint density at radius 2 is 2.39 bits per heavy atom. The molecule has 0 aliphatic carbocycles. The van der Waals surface area contributed by atoms with Gasteiger partial charge in [-0.15, -0.1) is 11.3 Å². The summed E-state index contributed by atoms with van der Waals surface area (Å²) >= 11 is 1.41. The quantitative estimate of drug-likeness (QED) is 0.623. The van der Waals surface area contributed by atoms with E-state index in [1.165, 1.54) is 29.5 Å². The summed E-state index contributed by atoms with van der Waals surface area (Å²) in [7, 11) is 0. The van der Waals surface area contributed by atoms with Crippen LogP contribution in [0.15, 0.2) is 29.8 Å². The third-order valence-electron chi connectivity index (χ3n) is 2.12. The highest BCUT2D eigenvalue weighted by Gasteiger charge is 2.16. The number of nitriles is 1. The molecule has 0 unspecified atom stereocenters. The summed E-state index contributed by atoms with van der Waals surface area (Å²) in [5.74, 6) is 0.134. The van der Waals surface area contributed by atoms with Gasteiger partial charge in [0.1, 0.15) is 11.6 Å². The molecule has 6 nitrogen and oxygen atoms in total. The number of nitro groups is 1. The van der Waals surface area contributed by atoms with Gasteiger partial charge in [-0.05, 0) is 12.1 Å². The van der Waals surface area contributed by atoms with E-state index in [9.17, 15) is 10.1 Å². The van der Waals surface area contributed by atoms with Crippen LogP contribution in [-0.2, 0) is 6.61 Å². The fraction of sp³-hybridized carbons (Fsp3) is 0.0909. The van der Waals surface area contributed by atoms with E-state index in [1.807, 2.05) is 6.07 Å². The van der Waals surface area contributed by atoms with Gasteiger partial charge in [0.15, 0.2) is 5.75 Å². The Morgan fingerprint density at radius 3 is 3.00 bits per heavy atom. The van der Waals surface area contributed by atoms with Gasteiger partial charge in [0.25, 0.3) is 0 Å². The van der Waals surface area contributed by atoms with Gasteiger partial charge in [0.05, 0.1) is 16.6 Å². The second-order valence-electron chi connectivity index (χ2n) is 3.27. The monoisotopic (exact) mass is 261 g/mol. The van der Waals surface area contributed by atoms with Crippen LogP contribution in [0.2, 0.25) is 0 Å². The highest BCUT2D eigenvalue weighted by atomic mass is 32.1. The van der Waals surface area contributed by atoms with Gasteiger partial charge in [0, 0.05) is 17.6 Å². The lowest BCUT2D eigenvalue weighted by atomic mass is 10.2. The molecule has 0 amide bonds. The zero-order chi connectivity index (χ0) is 13.0. The first kappa shape index (κ1) is 12.0. The summed E-state index contributed by atoms with van der Waals surface area (Å²) in [5.41, 5.74) is 0.00825. The van der Waals surface area contributed by atoms with Crippen LogP contribution in [0.3, 0.4) is 0 Å². The van der Waals surface area contributed by atoms with Crippen LogP contribution in [0.4, 0.5) is 5.69 Å². The maximum absolute atomic E-state index is 10.9. The van der Waals surface area contributed by atoms with E-state index >= 15 is 0 Å². The third-order valence-corrected chi connectivity index (χ3v) is 2.87. The van der Waals surface area contributed by atoms with Crippen molar-refractivity contribution in [1.82, 2.24) is 4.98 Å². The molecule has 0 fully saturated rings. The third kappa shape index (κ3) is 2.61. The Morgan fingerprint density at radius 1 is 1.56 bits per heavy atom. The average Bonchev–Trinajstić information content (AvgIpc) is 2.89. The molecule has 2 aromatic rings. The smallest absolute Gasteiger partial charge is 0.312 e. The molecule has 1 heterocycles. The summed E-state index contributed by atoms with van der Waals surface area (Å²) < 4.78 is 5.34. The summed E-state index contributed by atoms with van der Waals surface area (Å²) in [6, 6.07) is 5.94. The van der Waals surface area contributed by atoms with Crippen molar-refractivity contribution >= 4 is 17.0 Å². The van der Waals surface area contributed by atoms with E-state index in [1.54, 1.807) is 11.6 Å². The molecule has 0 spiro atoms. The van der Waals surface area contributed by atoms with E-state index in [-0.39, 0.29) is 23.6 Å². The molecule has 0 aliphatic rings. The Kier molecular flexibility index (Phi) is 3.50. The van der Waals surface area contributed by atoms with E-state index in [2.05, 4.69) is 4.98 Å². The van der Waals surface area contributed by atoms with Crippen LogP contribution in [0.1, 0.15) is 10.6 Å². The molecule has 7 heteroatoms. The van der Waals surface area contributed by atoms with E-state index < -0.39 is 4.92 Å². The standard InChI is InChI=1S/C11H7N3O3S/c12-6-8-1-2-10(9(5-8)14(15)16)17-7-11-13-3-4-18-11/h1-5H,7H2. The first-order valence-corrected chi connectivity index (χ1v) is 5.78. The second-order valence-corrected chi connectivity index (χ2v) is 4.25. The lowest BCUT2D eigenvalue weighted by Gasteiger charge is -2.04. The van der Waals surface area contributed by atoms with E-state index in [0.717, 1.165) is 5.01 Å². The minimum absolute atomic E-state index is 0.134. The summed E-state index contributed by atoms with van der Waals surface area (Å²) in [6.07, 6.45) is 1.64. The molecule has 90 valence electrons. The van der Waals surface area contributed by atoms with Crippen molar-refractivity contribution in [2.75, 3.05) is 0 Å². The Hall–Kier alpha value is -2.46. The van der Waals surface area contributed by atoms with Crippen molar-refractivity contribution in [3.8, 4) is 11.8 Å². The average molecular weight is 261 g/mol. The number of hydrogen-bond donors (Lipinski definition) is 0. The molecular weight excluding hydrogens is 254 g/mol. The second kappa shape index (κ2) is 5.25. The van der Waals surface area contributed by atoms with Gasteiger partial charge >= 0.3 is 5.69 Å². The summed E-state index contributed by atoms with van der Waals surface area (Å²) in [4.78, 5) is 14.3. The number of hydrogen-bond acceptors (Lipinski definition) is 6. The molecule has 0 saturated heterocycles. The Bertz CT molecular complexity index is 604. The maximum atomic E-state index is 10.9. The summed E-state index contributed by atoms with van der Waals surface area (Å²) in [5, 5.41) is 22.1.